The highest BCUT2D eigenvalue weighted by molar-refractivity contribution is 7.11. The molecule has 0 aromatic carbocycles. The van der Waals surface area contributed by atoms with Crippen molar-refractivity contribution in [1.29, 1.82) is 0 Å². The molecule has 1 aromatic rings. The Morgan fingerprint density at radius 3 is 2.69 bits per heavy atom. The van der Waals surface area contributed by atoms with Crippen LogP contribution in [0.2, 0.25) is 0 Å². The largest absolute Gasteiger partial charge is 0.396 e. The summed E-state index contributed by atoms with van der Waals surface area (Å²) < 4.78 is 0. The van der Waals surface area contributed by atoms with Crippen LogP contribution in [-0.4, -0.2) is 22.9 Å². The highest BCUT2D eigenvalue weighted by Crippen LogP contribution is 2.64. The summed E-state index contributed by atoms with van der Waals surface area (Å²) in [5.41, 5.74) is 2.06. The average molecular weight is 375 g/mol. The topological polar surface area (TPSA) is 40.5 Å². The van der Waals surface area contributed by atoms with Gasteiger partial charge in [0.2, 0.25) is 0 Å². The fraction of sp³-hybridized carbons (Fsp3) is 0.739. The molecule has 0 spiro atoms. The summed E-state index contributed by atoms with van der Waals surface area (Å²) in [4.78, 5) is 1.46. The van der Waals surface area contributed by atoms with E-state index in [4.69, 9.17) is 0 Å². The summed E-state index contributed by atoms with van der Waals surface area (Å²) >= 11 is 1.88. The van der Waals surface area contributed by atoms with E-state index in [1.165, 1.54) is 24.1 Å². The molecule has 4 rings (SSSR count). The molecule has 2 saturated carbocycles. The number of hydrogen-bond acceptors (Lipinski definition) is 3. The van der Waals surface area contributed by atoms with Gasteiger partial charge >= 0.3 is 0 Å². The maximum absolute atomic E-state index is 10.1. The highest BCUT2D eigenvalue weighted by Gasteiger charge is 2.55. The number of fused-ring (bicyclic) bond motifs is 1. The number of aliphatic hydroxyl groups excluding tert-OH is 2. The molecule has 0 unspecified atom stereocenters. The van der Waals surface area contributed by atoms with Crippen LogP contribution in [0.4, 0.5) is 0 Å². The molecule has 0 bridgehead atoms. The van der Waals surface area contributed by atoms with E-state index >= 15 is 0 Å². The Bertz CT molecular complexity index is 666. The Morgan fingerprint density at radius 1 is 1.19 bits per heavy atom. The molecule has 2 N–H and O–H groups in total. The van der Waals surface area contributed by atoms with Gasteiger partial charge in [0.25, 0.3) is 0 Å². The van der Waals surface area contributed by atoms with Crippen LogP contribution in [0, 0.1) is 34.5 Å². The lowest BCUT2D eigenvalue weighted by atomic mass is 9.49. The average Bonchev–Trinajstić information content (AvgIpc) is 3.24. The van der Waals surface area contributed by atoms with Gasteiger partial charge in [-0.3, -0.25) is 0 Å². The molecule has 0 saturated heterocycles. The third-order valence-corrected chi connectivity index (χ3v) is 9.52. The number of rotatable bonds is 3. The van der Waals surface area contributed by atoms with E-state index in [0.29, 0.717) is 23.2 Å². The second-order valence-corrected chi connectivity index (χ2v) is 10.6. The summed E-state index contributed by atoms with van der Waals surface area (Å²) in [5, 5.41) is 22.4. The van der Waals surface area contributed by atoms with Crippen LogP contribution in [0.5, 0.6) is 0 Å². The minimum absolute atomic E-state index is 0.167. The first-order valence-electron chi connectivity index (χ1n) is 10.4. The Hall–Kier alpha value is -0.640. The van der Waals surface area contributed by atoms with Gasteiger partial charge in [0.05, 0.1) is 6.10 Å². The van der Waals surface area contributed by atoms with Gasteiger partial charge in [-0.15, -0.1) is 11.3 Å². The van der Waals surface area contributed by atoms with Crippen molar-refractivity contribution in [3.8, 4) is 0 Å². The predicted molar refractivity (Wildman–Crippen MR) is 109 cm³/mol. The first-order valence-corrected chi connectivity index (χ1v) is 11.3. The molecule has 3 aliphatic rings. The van der Waals surface area contributed by atoms with Gasteiger partial charge < -0.3 is 10.2 Å². The minimum atomic E-state index is -0.219. The van der Waals surface area contributed by atoms with Crippen LogP contribution in [-0.2, 0) is 0 Å². The Morgan fingerprint density at radius 2 is 2.00 bits per heavy atom. The molecule has 0 amide bonds. The van der Waals surface area contributed by atoms with Crippen molar-refractivity contribution in [3.63, 3.8) is 0 Å². The monoisotopic (exact) mass is 374 g/mol. The van der Waals surface area contributed by atoms with E-state index in [0.717, 1.165) is 19.3 Å². The van der Waals surface area contributed by atoms with E-state index in [2.05, 4.69) is 44.4 Å². The predicted octanol–water partition coefficient (Wildman–Crippen LogP) is 5.36. The van der Waals surface area contributed by atoms with Crippen molar-refractivity contribution >= 4 is 16.9 Å². The Kier molecular flexibility index (Phi) is 4.86. The van der Waals surface area contributed by atoms with Crippen LogP contribution < -0.4 is 0 Å². The van der Waals surface area contributed by atoms with Gasteiger partial charge in [0, 0.05) is 11.5 Å². The third-order valence-electron chi connectivity index (χ3n) is 8.61. The van der Waals surface area contributed by atoms with Gasteiger partial charge in [-0.1, -0.05) is 32.9 Å². The molecule has 7 atom stereocenters. The summed E-state index contributed by atoms with van der Waals surface area (Å²) in [6.07, 6.45) is 8.74. The van der Waals surface area contributed by atoms with Crippen molar-refractivity contribution in [3.05, 3.63) is 28.5 Å². The highest BCUT2D eigenvalue weighted by atomic mass is 32.1. The van der Waals surface area contributed by atoms with Gasteiger partial charge in [0.15, 0.2) is 0 Å². The number of aliphatic hydroxyl groups is 2. The lowest BCUT2D eigenvalue weighted by Gasteiger charge is -2.56. The normalized spacial score (nSPS) is 46.0. The molecule has 0 aliphatic heterocycles. The van der Waals surface area contributed by atoms with Crippen molar-refractivity contribution < 1.29 is 10.2 Å². The summed E-state index contributed by atoms with van der Waals surface area (Å²) in [6.45, 7) is 7.60. The van der Waals surface area contributed by atoms with Gasteiger partial charge in [0.1, 0.15) is 0 Å². The molecular weight excluding hydrogens is 340 g/mol. The quantitative estimate of drug-likeness (QED) is 0.747. The minimum Gasteiger partial charge on any atom is -0.396 e. The van der Waals surface area contributed by atoms with Gasteiger partial charge in [-0.25, -0.2) is 0 Å². The maximum atomic E-state index is 10.1. The molecule has 0 radical (unpaired) electrons. The van der Waals surface area contributed by atoms with Crippen LogP contribution in [0.25, 0.3) is 5.57 Å². The van der Waals surface area contributed by atoms with Crippen molar-refractivity contribution in [2.45, 2.75) is 65.4 Å². The van der Waals surface area contributed by atoms with Crippen LogP contribution in [0.1, 0.15) is 64.2 Å². The van der Waals surface area contributed by atoms with Gasteiger partial charge in [-0.2, -0.15) is 0 Å². The number of allylic oxidation sites excluding steroid dienone is 2. The Labute approximate surface area is 162 Å². The first-order chi connectivity index (χ1) is 12.4. The molecular formula is C23H34O2S. The number of hydrogen-bond donors (Lipinski definition) is 2. The molecule has 2 fully saturated rings. The molecule has 1 aromatic heterocycles. The van der Waals surface area contributed by atoms with Crippen molar-refractivity contribution in [2.24, 2.45) is 34.5 Å². The molecule has 3 heteroatoms. The van der Waals surface area contributed by atoms with E-state index in [9.17, 15) is 10.2 Å². The third kappa shape index (κ3) is 2.73. The molecule has 2 nitrogen and oxygen atoms in total. The lowest BCUT2D eigenvalue weighted by molar-refractivity contribution is -0.0884. The van der Waals surface area contributed by atoms with E-state index in [-0.39, 0.29) is 24.0 Å². The zero-order valence-electron chi connectivity index (χ0n) is 16.4. The van der Waals surface area contributed by atoms with E-state index < -0.39 is 0 Å². The van der Waals surface area contributed by atoms with Crippen molar-refractivity contribution in [1.82, 2.24) is 0 Å². The SMILES string of the molecule is C[C@@H]1[C@@H]([C@@]2(C)CC[C@H](O)C[C@@H]2CO)CC[C@]2(C)C(c3cccs3)=CC[C@@H]12. The lowest BCUT2D eigenvalue weighted by Crippen LogP contribution is -2.50. The van der Waals surface area contributed by atoms with Crippen LogP contribution in [0.15, 0.2) is 23.6 Å². The van der Waals surface area contributed by atoms with E-state index in [1.54, 1.807) is 5.57 Å². The second-order valence-electron chi connectivity index (χ2n) is 9.67. The molecule has 3 aliphatic carbocycles. The van der Waals surface area contributed by atoms with Crippen LogP contribution >= 0.6 is 11.3 Å². The molecule has 144 valence electrons. The summed E-state index contributed by atoms with van der Waals surface area (Å²) in [5.74, 6) is 2.27. The number of thiophene rings is 1. The summed E-state index contributed by atoms with van der Waals surface area (Å²) in [7, 11) is 0. The fourth-order valence-electron chi connectivity index (χ4n) is 6.96. The standard InChI is InChI=1S/C23H34O2S/c1-15-18-6-7-20(21-5-4-12-26-21)23(18,3)11-9-19(15)22(2)10-8-17(25)13-16(22)14-24/h4-5,7,12,15-19,24-25H,6,8-11,13-14H2,1-3H3/t15-,16+,17-,18-,19-,22-,23-/m0/s1. The van der Waals surface area contributed by atoms with Crippen molar-refractivity contribution in [2.75, 3.05) is 6.61 Å². The molecule has 1 heterocycles. The Balaban J connectivity index is 1.59. The fourth-order valence-corrected chi connectivity index (χ4v) is 7.87. The smallest absolute Gasteiger partial charge is 0.0544 e. The van der Waals surface area contributed by atoms with Gasteiger partial charge in [-0.05, 0) is 90.0 Å². The van der Waals surface area contributed by atoms with Crippen LogP contribution in [0.3, 0.4) is 0 Å². The first kappa shape index (κ1) is 18.7. The summed E-state index contributed by atoms with van der Waals surface area (Å²) in [6, 6.07) is 4.46. The second kappa shape index (κ2) is 6.76. The zero-order valence-corrected chi connectivity index (χ0v) is 17.3. The zero-order chi connectivity index (χ0) is 18.5. The maximum Gasteiger partial charge on any atom is 0.0544 e. The van der Waals surface area contributed by atoms with E-state index in [1.807, 2.05) is 11.3 Å². The molecule has 26 heavy (non-hydrogen) atoms.